The fourth-order valence-electron chi connectivity index (χ4n) is 3.24. The fraction of sp³-hybridized carbons (Fsp3) is 0.300. The standard InChI is InChI=1S/C20H20BrFN4OS/c21-15-3-1-2-14(12-15)19(27)23-6-7-25-8-10-26(11-9-25)20-24-17-5-4-16(22)13-18(17)28-20/h1-5,12-13H,6-11H2,(H,23,27). The molecule has 2 heterocycles. The largest absolute Gasteiger partial charge is 0.351 e. The Balaban J connectivity index is 1.25. The molecule has 8 heteroatoms. The van der Waals surface area contributed by atoms with Crippen LogP contribution in [0.5, 0.6) is 0 Å². The van der Waals surface area contributed by atoms with E-state index in [4.69, 9.17) is 0 Å². The maximum atomic E-state index is 13.4. The van der Waals surface area contributed by atoms with Crippen LogP contribution in [0.3, 0.4) is 0 Å². The highest BCUT2D eigenvalue weighted by Gasteiger charge is 2.20. The number of piperazine rings is 1. The Hall–Kier alpha value is -2.03. The highest BCUT2D eigenvalue weighted by molar-refractivity contribution is 9.10. The number of anilines is 1. The van der Waals surface area contributed by atoms with Crippen molar-refractivity contribution in [3.05, 3.63) is 58.3 Å². The summed E-state index contributed by atoms with van der Waals surface area (Å²) in [5.74, 6) is -0.279. The Morgan fingerprint density at radius 2 is 2.00 bits per heavy atom. The number of benzene rings is 2. The second-order valence-corrected chi connectivity index (χ2v) is 8.63. The van der Waals surface area contributed by atoms with Crippen molar-refractivity contribution >= 4 is 48.5 Å². The normalized spacial score (nSPS) is 15.1. The van der Waals surface area contributed by atoms with E-state index < -0.39 is 0 Å². The van der Waals surface area contributed by atoms with Gasteiger partial charge in [-0.3, -0.25) is 9.69 Å². The van der Waals surface area contributed by atoms with Crippen LogP contribution in [0.4, 0.5) is 9.52 Å². The molecule has 1 amide bonds. The fourth-order valence-corrected chi connectivity index (χ4v) is 4.69. The zero-order valence-corrected chi connectivity index (χ0v) is 17.6. The smallest absolute Gasteiger partial charge is 0.251 e. The highest BCUT2D eigenvalue weighted by Crippen LogP contribution is 2.29. The first-order valence-corrected chi connectivity index (χ1v) is 10.8. The summed E-state index contributed by atoms with van der Waals surface area (Å²) in [7, 11) is 0. The molecule has 1 saturated heterocycles. The molecule has 3 aromatic rings. The van der Waals surface area contributed by atoms with Gasteiger partial charge in [-0.25, -0.2) is 9.37 Å². The summed E-state index contributed by atoms with van der Waals surface area (Å²) in [4.78, 5) is 21.4. The van der Waals surface area contributed by atoms with Crippen LogP contribution in [0.15, 0.2) is 46.9 Å². The number of aromatic nitrogens is 1. The summed E-state index contributed by atoms with van der Waals surface area (Å²) in [5, 5.41) is 3.93. The molecule has 1 aromatic heterocycles. The van der Waals surface area contributed by atoms with Gasteiger partial charge in [0.15, 0.2) is 5.13 Å². The van der Waals surface area contributed by atoms with Gasteiger partial charge in [0.1, 0.15) is 5.82 Å². The van der Waals surface area contributed by atoms with Gasteiger partial charge in [0.25, 0.3) is 5.91 Å². The van der Waals surface area contributed by atoms with Crippen molar-refractivity contribution < 1.29 is 9.18 Å². The number of nitrogens with zero attached hydrogens (tertiary/aromatic N) is 3. The Bertz CT molecular complexity index is 987. The van der Waals surface area contributed by atoms with Crippen molar-refractivity contribution in [2.24, 2.45) is 0 Å². The molecule has 0 saturated carbocycles. The number of hydrogen-bond acceptors (Lipinski definition) is 5. The average molecular weight is 463 g/mol. The van der Waals surface area contributed by atoms with Gasteiger partial charge < -0.3 is 10.2 Å². The molecule has 0 aliphatic carbocycles. The minimum absolute atomic E-state index is 0.0540. The van der Waals surface area contributed by atoms with E-state index in [0.29, 0.717) is 12.1 Å². The molecular formula is C20H20BrFN4OS. The first kappa shape index (κ1) is 19.3. The van der Waals surface area contributed by atoms with Gasteiger partial charge in [-0.1, -0.05) is 33.3 Å². The van der Waals surface area contributed by atoms with E-state index >= 15 is 0 Å². The van der Waals surface area contributed by atoms with E-state index in [-0.39, 0.29) is 11.7 Å². The molecule has 1 aliphatic heterocycles. The van der Waals surface area contributed by atoms with Crippen LogP contribution in [0.1, 0.15) is 10.4 Å². The molecule has 0 radical (unpaired) electrons. The van der Waals surface area contributed by atoms with Crippen LogP contribution in [-0.2, 0) is 0 Å². The van der Waals surface area contributed by atoms with E-state index in [2.05, 4.69) is 36.0 Å². The monoisotopic (exact) mass is 462 g/mol. The summed E-state index contributed by atoms with van der Waals surface area (Å²) in [5.41, 5.74) is 1.51. The van der Waals surface area contributed by atoms with Gasteiger partial charge in [0.2, 0.25) is 0 Å². The first-order valence-electron chi connectivity index (χ1n) is 9.16. The number of carbonyl (C=O) groups excluding carboxylic acids is 1. The van der Waals surface area contributed by atoms with Crippen LogP contribution in [-0.4, -0.2) is 55.1 Å². The number of amides is 1. The van der Waals surface area contributed by atoms with E-state index in [1.54, 1.807) is 12.1 Å². The van der Waals surface area contributed by atoms with Crippen LogP contribution in [0.25, 0.3) is 10.2 Å². The van der Waals surface area contributed by atoms with Crippen molar-refractivity contribution in [1.29, 1.82) is 0 Å². The molecule has 5 nitrogen and oxygen atoms in total. The molecule has 0 unspecified atom stereocenters. The average Bonchev–Trinajstić information content (AvgIpc) is 3.11. The second kappa shape index (κ2) is 8.55. The maximum absolute atomic E-state index is 13.4. The quantitative estimate of drug-likeness (QED) is 0.627. The number of halogens is 2. The third kappa shape index (κ3) is 4.51. The SMILES string of the molecule is O=C(NCCN1CCN(c2nc3ccc(F)cc3s2)CC1)c1cccc(Br)c1. The van der Waals surface area contributed by atoms with Crippen LogP contribution >= 0.6 is 27.3 Å². The number of hydrogen-bond donors (Lipinski definition) is 1. The number of fused-ring (bicyclic) bond motifs is 1. The Morgan fingerprint density at radius 1 is 1.18 bits per heavy atom. The summed E-state index contributed by atoms with van der Waals surface area (Å²) >= 11 is 4.92. The summed E-state index contributed by atoms with van der Waals surface area (Å²) in [6, 6.07) is 12.1. The summed E-state index contributed by atoms with van der Waals surface area (Å²) in [6.45, 7) is 5.02. The van der Waals surface area contributed by atoms with Crippen molar-refractivity contribution in [2.75, 3.05) is 44.2 Å². The van der Waals surface area contributed by atoms with Gasteiger partial charge >= 0.3 is 0 Å². The molecule has 4 rings (SSSR count). The Morgan fingerprint density at radius 3 is 2.79 bits per heavy atom. The van der Waals surface area contributed by atoms with E-state index in [1.165, 1.54) is 17.4 Å². The van der Waals surface area contributed by atoms with Crippen molar-refractivity contribution in [2.45, 2.75) is 0 Å². The number of thiazole rings is 1. The zero-order valence-electron chi connectivity index (χ0n) is 15.2. The van der Waals surface area contributed by atoms with Crippen molar-refractivity contribution in [1.82, 2.24) is 15.2 Å². The highest BCUT2D eigenvalue weighted by atomic mass is 79.9. The number of carbonyl (C=O) groups is 1. The second-order valence-electron chi connectivity index (χ2n) is 6.70. The van der Waals surface area contributed by atoms with Crippen LogP contribution < -0.4 is 10.2 Å². The molecule has 1 N–H and O–H groups in total. The van der Waals surface area contributed by atoms with E-state index in [0.717, 1.165) is 52.5 Å². The van der Waals surface area contributed by atoms with E-state index in [1.807, 2.05) is 24.3 Å². The summed E-state index contributed by atoms with van der Waals surface area (Å²) < 4.78 is 15.1. The third-order valence-corrected chi connectivity index (χ3v) is 6.35. The predicted molar refractivity (Wildman–Crippen MR) is 115 cm³/mol. The van der Waals surface area contributed by atoms with Crippen molar-refractivity contribution in [3.63, 3.8) is 0 Å². The molecule has 146 valence electrons. The minimum Gasteiger partial charge on any atom is -0.351 e. The van der Waals surface area contributed by atoms with Gasteiger partial charge in [-0.05, 0) is 36.4 Å². The molecule has 2 aromatic carbocycles. The molecular weight excluding hydrogens is 443 g/mol. The molecule has 28 heavy (non-hydrogen) atoms. The lowest BCUT2D eigenvalue weighted by Gasteiger charge is -2.34. The predicted octanol–water partition coefficient (Wildman–Crippen LogP) is 3.75. The van der Waals surface area contributed by atoms with Crippen molar-refractivity contribution in [3.8, 4) is 0 Å². The molecule has 0 atom stereocenters. The summed E-state index contributed by atoms with van der Waals surface area (Å²) in [6.07, 6.45) is 0. The van der Waals surface area contributed by atoms with Gasteiger partial charge in [-0.15, -0.1) is 0 Å². The molecule has 1 aliphatic rings. The third-order valence-electron chi connectivity index (χ3n) is 4.78. The lowest BCUT2D eigenvalue weighted by Crippen LogP contribution is -2.48. The maximum Gasteiger partial charge on any atom is 0.251 e. The lowest BCUT2D eigenvalue weighted by atomic mass is 10.2. The first-order chi connectivity index (χ1) is 13.6. The minimum atomic E-state index is -0.225. The Labute approximate surface area is 175 Å². The molecule has 0 bridgehead atoms. The Kier molecular flexibility index (Phi) is 5.89. The topological polar surface area (TPSA) is 48.5 Å². The van der Waals surface area contributed by atoms with Gasteiger partial charge in [0.05, 0.1) is 10.2 Å². The molecule has 0 spiro atoms. The van der Waals surface area contributed by atoms with Gasteiger partial charge in [-0.2, -0.15) is 0 Å². The van der Waals surface area contributed by atoms with Crippen LogP contribution in [0.2, 0.25) is 0 Å². The number of nitrogens with one attached hydrogen (secondary N) is 1. The lowest BCUT2D eigenvalue weighted by molar-refractivity contribution is 0.0947. The van der Waals surface area contributed by atoms with Gasteiger partial charge in [0, 0.05) is 49.3 Å². The molecule has 1 fully saturated rings. The number of rotatable bonds is 5. The van der Waals surface area contributed by atoms with Crippen LogP contribution in [0, 0.1) is 5.82 Å². The zero-order chi connectivity index (χ0) is 19.5. The van der Waals surface area contributed by atoms with E-state index in [9.17, 15) is 9.18 Å².